The zero-order valence-corrected chi connectivity index (χ0v) is 6.22. The number of nitrogens with zero attached hydrogens (tertiary/aromatic N) is 1. The van der Waals surface area contributed by atoms with Gasteiger partial charge in [-0.25, -0.2) is 4.98 Å². The third kappa shape index (κ3) is 1.57. The van der Waals surface area contributed by atoms with Gasteiger partial charge in [0.25, 0.3) is 0 Å². The number of aromatic amines is 1. The molecule has 10 heavy (non-hydrogen) atoms. The van der Waals surface area contributed by atoms with E-state index in [2.05, 4.69) is 9.97 Å². The van der Waals surface area contributed by atoms with Gasteiger partial charge in [0, 0.05) is 5.69 Å². The van der Waals surface area contributed by atoms with Crippen molar-refractivity contribution in [2.45, 2.75) is 19.8 Å². The van der Waals surface area contributed by atoms with E-state index >= 15 is 0 Å². The van der Waals surface area contributed by atoms with Crippen molar-refractivity contribution in [3.05, 3.63) is 17.7 Å². The average molecular weight is 139 g/mol. The van der Waals surface area contributed by atoms with Crippen molar-refractivity contribution in [2.24, 2.45) is 5.73 Å². The van der Waals surface area contributed by atoms with Gasteiger partial charge < -0.3 is 10.7 Å². The minimum absolute atomic E-state index is 0.742. The van der Waals surface area contributed by atoms with Crippen molar-refractivity contribution in [2.75, 3.05) is 6.54 Å². The monoisotopic (exact) mass is 139 g/mol. The minimum atomic E-state index is 0.742. The zero-order chi connectivity index (χ0) is 7.40. The van der Waals surface area contributed by atoms with E-state index in [1.54, 1.807) is 6.33 Å². The van der Waals surface area contributed by atoms with Crippen LogP contribution in [0.4, 0.5) is 0 Å². The van der Waals surface area contributed by atoms with Gasteiger partial charge in [0.05, 0.1) is 12.0 Å². The maximum absolute atomic E-state index is 5.36. The average Bonchev–Trinajstić information content (AvgIpc) is 2.31. The Morgan fingerprint density at radius 2 is 2.50 bits per heavy atom. The van der Waals surface area contributed by atoms with Gasteiger partial charge in [-0.15, -0.1) is 0 Å². The molecule has 1 aromatic heterocycles. The highest BCUT2D eigenvalue weighted by atomic mass is 14.9. The van der Waals surface area contributed by atoms with Gasteiger partial charge in [0.1, 0.15) is 0 Å². The molecule has 1 aromatic rings. The summed E-state index contributed by atoms with van der Waals surface area (Å²) in [7, 11) is 0. The lowest BCUT2D eigenvalue weighted by molar-refractivity contribution is 0.810. The van der Waals surface area contributed by atoms with Crippen LogP contribution in [0.25, 0.3) is 0 Å². The molecular weight excluding hydrogens is 126 g/mol. The third-order valence-corrected chi connectivity index (χ3v) is 1.55. The van der Waals surface area contributed by atoms with Crippen molar-refractivity contribution in [3.8, 4) is 0 Å². The van der Waals surface area contributed by atoms with Crippen molar-refractivity contribution in [1.82, 2.24) is 9.97 Å². The van der Waals surface area contributed by atoms with E-state index in [0.717, 1.165) is 30.8 Å². The Kier molecular flexibility index (Phi) is 2.45. The van der Waals surface area contributed by atoms with Crippen LogP contribution >= 0.6 is 0 Å². The molecule has 56 valence electrons. The molecule has 0 aliphatic carbocycles. The predicted molar refractivity (Wildman–Crippen MR) is 40.7 cm³/mol. The first-order valence-electron chi connectivity index (χ1n) is 3.53. The second-order valence-electron chi connectivity index (χ2n) is 2.37. The molecule has 0 aliphatic heterocycles. The normalized spacial score (nSPS) is 10.2. The summed E-state index contributed by atoms with van der Waals surface area (Å²) in [5, 5.41) is 0. The molecule has 0 saturated carbocycles. The first-order valence-corrected chi connectivity index (χ1v) is 3.53. The quantitative estimate of drug-likeness (QED) is 0.644. The number of H-pyrrole nitrogens is 1. The standard InChI is InChI=1S/C7H13N3/c1-6-7(3-2-4-8)10-5-9-6/h5H,2-4,8H2,1H3,(H,9,10). The van der Waals surface area contributed by atoms with Gasteiger partial charge in [-0.2, -0.15) is 0 Å². The molecular formula is C7H13N3. The predicted octanol–water partition coefficient (Wildman–Crippen LogP) is 0.609. The van der Waals surface area contributed by atoms with Crippen LogP contribution in [0.15, 0.2) is 6.33 Å². The molecule has 0 amide bonds. The van der Waals surface area contributed by atoms with E-state index in [1.807, 2.05) is 6.92 Å². The summed E-state index contributed by atoms with van der Waals surface area (Å²) in [5.41, 5.74) is 7.66. The molecule has 3 nitrogen and oxygen atoms in total. The summed E-state index contributed by atoms with van der Waals surface area (Å²) >= 11 is 0. The van der Waals surface area contributed by atoms with Crippen LogP contribution in [0, 0.1) is 6.92 Å². The molecule has 0 aliphatic rings. The van der Waals surface area contributed by atoms with Crippen LogP contribution in [0.3, 0.4) is 0 Å². The van der Waals surface area contributed by atoms with E-state index in [-0.39, 0.29) is 0 Å². The lowest BCUT2D eigenvalue weighted by Gasteiger charge is -1.94. The Morgan fingerprint density at radius 1 is 1.70 bits per heavy atom. The van der Waals surface area contributed by atoms with Crippen LogP contribution in [0.1, 0.15) is 17.8 Å². The van der Waals surface area contributed by atoms with Crippen LogP contribution in [-0.2, 0) is 6.42 Å². The number of aromatic nitrogens is 2. The highest BCUT2D eigenvalue weighted by Gasteiger charge is 1.97. The summed E-state index contributed by atoms with van der Waals surface area (Å²) in [6.45, 7) is 2.77. The van der Waals surface area contributed by atoms with Gasteiger partial charge in [-0.05, 0) is 26.3 Å². The van der Waals surface area contributed by atoms with E-state index in [1.165, 1.54) is 0 Å². The lowest BCUT2D eigenvalue weighted by Crippen LogP contribution is -2.01. The summed E-state index contributed by atoms with van der Waals surface area (Å²) in [6.07, 6.45) is 3.73. The van der Waals surface area contributed by atoms with E-state index < -0.39 is 0 Å². The fourth-order valence-corrected chi connectivity index (χ4v) is 0.909. The number of imidazole rings is 1. The molecule has 0 atom stereocenters. The molecule has 0 radical (unpaired) electrons. The highest BCUT2D eigenvalue weighted by molar-refractivity contribution is 5.08. The minimum Gasteiger partial charge on any atom is -0.348 e. The van der Waals surface area contributed by atoms with Crippen molar-refractivity contribution >= 4 is 0 Å². The smallest absolute Gasteiger partial charge is 0.0925 e. The Hall–Kier alpha value is -0.830. The molecule has 1 heterocycles. The summed E-state index contributed by atoms with van der Waals surface area (Å²) < 4.78 is 0. The Morgan fingerprint density at radius 3 is 3.00 bits per heavy atom. The molecule has 3 N–H and O–H groups in total. The molecule has 1 rings (SSSR count). The Balaban J connectivity index is 2.49. The lowest BCUT2D eigenvalue weighted by atomic mass is 10.2. The van der Waals surface area contributed by atoms with Gasteiger partial charge >= 0.3 is 0 Å². The number of aryl methyl sites for hydroxylation is 2. The summed E-state index contributed by atoms with van der Waals surface area (Å²) in [6, 6.07) is 0. The molecule has 0 unspecified atom stereocenters. The van der Waals surface area contributed by atoms with Crippen LogP contribution in [-0.4, -0.2) is 16.5 Å². The first-order chi connectivity index (χ1) is 4.84. The van der Waals surface area contributed by atoms with E-state index in [0.29, 0.717) is 0 Å². The van der Waals surface area contributed by atoms with Crippen LogP contribution in [0.2, 0.25) is 0 Å². The molecule has 0 saturated heterocycles. The largest absolute Gasteiger partial charge is 0.348 e. The molecule has 0 aromatic carbocycles. The number of hydrogen-bond acceptors (Lipinski definition) is 2. The van der Waals surface area contributed by atoms with Gasteiger partial charge in [-0.3, -0.25) is 0 Å². The third-order valence-electron chi connectivity index (χ3n) is 1.55. The number of nitrogens with one attached hydrogen (secondary N) is 1. The number of rotatable bonds is 3. The highest BCUT2D eigenvalue weighted by Crippen LogP contribution is 2.02. The summed E-state index contributed by atoms with van der Waals surface area (Å²) in [5.74, 6) is 0. The molecule has 3 heteroatoms. The number of hydrogen-bond donors (Lipinski definition) is 2. The fourth-order valence-electron chi connectivity index (χ4n) is 0.909. The van der Waals surface area contributed by atoms with Crippen LogP contribution < -0.4 is 5.73 Å². The van der Waals surface area contributed by atoms with Crippen molar-refractivity contribution < 1.29 is 0 Å². The first kappa shape index (κ1) is 7.28. The molecule has 0 fully saturated rings. The molecule has 0 spiro atoms. The topological polar surface area (TPSA) is 54.7 Å². The second kappa shape index (κ2) is 3.37. The molecule has 0 bridgehead atoms. The Bertz CT molecular complexity index is 192. The van der Waals surface area contributed by atoms with Crippen LogP contribution in [0.5, 0.6) is 0 Å². The van der Waals surface area contributed by atoms with Crippen molar-refractivity contribution in [1.29, 1.82) is 0 Å². The van der Waals surface area contributed by atoms with E-state index in [4.69, 9.17) is 5.73 Å². The SMILES string of the molecule is Cc1[nH]cnc1CCCN. The summed E-state index contributed by atoms with van der Waals surface area (Å²) in [4.78, 5) is 7.17. The van der Waals surface area contributed by atoms with Gasteiger partial charge in [0.2, 0.25) is 0 Å². The second-order valence-corrected chi connectivity index (χ2v) is 2.37. The van der Waals surface area contributed by atoms with Crippen molar-refractivity contribution in [3.63, 3.8) is 0 Å². The zero-order valence-electron chi connectivity index (χ0n) is 6.22. The van der Waals surface area contributed by atoms with Gasteiger partial charge in [-0.1, -0.05) is 0 Å². The maximum Gasteiger partial charge on any atom is 0.0925 e. The van der Waals surface area contributed by atoms with E-state index in [9.17, 15) is 0 Å². The fraction of sp³-hybridized carbons (Fsp3) is 0.571. The maximum atomic E-state index is 5.36. The Labute approximate surface area is 60.7 Å². The van der Waals surface area contributed by atoms with Gasteiger partial charge in [0.15, 0.2) is 0 Å². The number of nitrogens with two attached hydrogens (primary N) is 1.